The topological polar surface area (TPSA) is 55.4 Å². The molecule has 0 unspecified atom stereocenters. The molecule has 0 atom stereocenters. The van der Waals surface area contributed by atoms with E-state index in [1.165, 1.54) is 12.8 Å². The van der Waals surface area contributed by atoms with Gasteiger partial charge in [-0.25, -0.2) is 0 Å². The number of hydrogen-bond acceptors (Lipinski definition) is 3. The number of nitrogens with one attached hydrogen (secondary N) is 1. The SMILES string of the molecule is CCCCCCOC(=O)CCCCC(=O)Nc1ccccc1Cl. The number of para-hydroxylation sites is 1. The molecule has 0 bridgehead atoms. The molecule has 0 aromatic heterocycles. The van der Waals surface area contributed by atoms with Crippen LogP contribution >= 0.6 is 11.6 Å². The van der Waals surface area contributed by atoms with Crippen molar-refractivity contribution in [3.8, 4) is 0 Å². The molecule has 1 N–H and O–H groups in total. The Hall–Kier alpha value is -1.55. The van der Waals surface area contributed by atoms with E-state index < -0.39 is 0 Å². The number of benzene rings is 1. The average molecular weight is 340 g/mol. The number of unbranched alkanes of at least 4 members (excludes halogenated alkanes) is 4. The van der Waals surface area contributed by atoms with Crippen LogP contribution in [0.1, 0.15) is 58.3 Å². The van der Waals surface area contributed by atoms with Crippen LogP contribution in [0.2, 0.25) is 5.02 Å². The van der Waals surface area contributed by atoms with Gasteiger partial charge >= 0.3 is 5.97 Å². The van der Waals surface area contributed by atoms with Gasteiger partial charge in [0.2, 0.25) is 5.91 Å². The van der Waals surface area contributed by atoms with E-state index in [0.717, 1.165) is 12.8 Å². The summed E-state index contributed by atoms with van der Waals surface area (Å²) < 4.78 is 5.15. The molecule has 0 saturated heterocycles. The van der Waals surface area contributed by atoms with Crippen molar-refractivity contribution < 1.29 is 14.3 Å². The third kappa shape index (κ3) is 9.24. The van der Waals surface area contributed by atoms with E-state index in [2.05, 4.69) is 12.2 Å². The Bertz CT molecular complexity index is 491. The van der Waals surface area contributed by atoms with Crippen molar-refractivity contribution >= 4 is 29.2 Å². The normalized spacial score (nSPS) is 10.3. The zero-order valence-electron chi connectivity index (χ0n) is 13.8. The van der Waals surface area contributed by atoms with E-state index >= 15 is 0 Å². The van der Waals surface area contributed by atoms with E-state index in [0.29, 0.717) is 43.0 Å². The fourth-order valence-corrected chi connectivity index (χ4v) is 2.30. The van der Waals surface area contributed by atoms with Gasteiger partial charge in [-0.3, -0.25) is 9.59 Å². The molecular weight excluding hydrogens is 314 g/mol. The first-order valence-corrected chi connectivity index (χ1v) is 8.71. The van der Waals surface area contributed by atoms with Crippen molar-refractivity contribution in [3.63, 3.8) is 0 Å². The number of anilines is 1. The highest BCUT2D eigenvalue weighted by Crippen LogP contribution is 2.20. The summed E-state index contributed by atoms with van der Waals surface area (Å²) in [5.74, 6) is -0.265. The first kappa shape index (κ1) is 19.5. The molecular formula is C18H26ClNO3. The van der Waals surface area contributed by atoms with Crippen LogP contribution in [0.4, 0.5) is 5.69 Å². The van der Waals surface area contributed by atoms with Gasteiger partial charge in [0.1, 0.15) is 0 Å². The van der Waals surface area contributed by atoms with E-state index in [-0.39, 0.29) is 11.9 Å². The number of ether oxygens (including phenoxy) is 1. The second-order valence-corrected chi connectivity index (χ2v) is 5.92. The largest absolute Gasteiger partial charge is 0.466 e. The summed E-state index contributed by atoms with van der Waals surface area (Å²) in [7, 11) is 0. The summed E-state index contributed by atoms with van der Waals surface area (Å²) in [6, 6.07) is 7.12. The fourth-order valence-electron chi connectivity index (χ4n) is 2.12. The van der Waals surface area contributed by atoms with Gasteiger partial charge in [0.05, 0.1) is 17.3 Å². The Morgan fingerprint density at radius 1 is 1.04 bits per heavy atom. The lowest BCUT2D eigenvalue weighted by Gasteiger charge is -2.07. The second-order valence-electron chi connectivity index (χ2n) is 5.52. The Morgan fingerprint density at radius 2 is 1.78 bits per heavy atom. The Balaban J connectivity index is 2.07. The lowest BCUT2D eigenvalue weighted by molar-refractivity contribution is -0.144. The van der Waals surface area contributed by atoms with Gasteiger partial charge in [0, 0.05) is 12.8 Å². The van der Waals surface area contributed by atoms with Gasteiger partial charge in [0.25, 0.3) is 0 Å². The van der Waals surface area contributed by atoms with Gasteiger partial charge in [0.15, 0.2) is 0 Å². The minimum Gasteiger partial charge on any atom is -0.466 e. The second kappa shape index (κ2) is 11.9. The number of halogens is 1. The molecule has 128 valence electrons. The molecule has 4 nitrogen and oxygen atoms in total. The predicted octanol–water partition coefficient (Wildman–Crippen LogP) is 4.96. The highest BCUT2D eigenvalue weighted by Gasteiger charge is 2.07. The summed E-state index contributed by atoms with van der Waals surface area (Å²) in [5.41, 5.74) is 0.616. The maximum Gasteiger partial charge on any atom is 0.305 e. The van der Waals surface area contributed by atoms with Crippen LogP contribution in [0, 0.1) is 0 Å². The number of carbonyl (C=O) groups excluding carboxylic acids is 2. The zero-order chi connectivity index (χ0) is 16.9. The summed E-state index contributed by atoms with van der Waals surface area (Å²) >= 11 is 5.98. The van der Waals surface area contributed by atoms with Crippen LogP contribution in [0.5, 0.6) is 0 Å². The van der Waals surface area contributed by atoms with E-state index in [9.17, 15) is 9.59 Å². The molecule has 0 aliphatic heterocycles. The molecule has 0 aliphatic carbocycles. The third-order valence-corrected chi connectivity index (χ3v) is 3.77. The first-order chi connectivity index (χ1) is 11.1. The van der Waals surface area contributed by atoms with Crippen LogP contribution in [0.25, 0.3) is 0 Å². The van der Waals surface area contributed by atoms with Crippen molar-refractivity contribution in [2.75, 3.05) is 11.9 Å². The van der Waals surface area contributed by atoms with Gasteiger partial charge < -0.3 is 10.1 Å². The standard InChI is InChI=1S/C18H26ClNO3/c1-2-3-4-9-14-23-18(22)13-8-7-12-17(21)20-16-11-6-5-10-15(16)19/h5-6,10-11H,2-4,7-9,12-14H2,1H3,(H,20,21). The summed E-state index contributed by atoms with van der Waals surface area (Å²) in [4.78, 5) is 23.3. The van der Waals surface area contributed by atoms with Crippen LogP contribution in [0.15, 0.2) is 24.3 Å². The van der Waals surface area contributed by atoms with Crippen LogP contribution in [0.3, 0.4) is 0 Å². The van der Waals surface area contributed by atoms with Gasteiger partial charge in [-0.2, -0.15) is 0 Å². The molecule has 1 rings (SSSR count). The molecule has 1 aromatic carbocycles. The van der Waals surface area contributed by atoms with Crippen LogP contribution < -0.4 is 5.32 Å². The number of esters is 1. The number of rotatable bonds is 11. The van der Waals surface area contributed by atoms with Crippen molar-refractivity contribution in [1.82, 2.24) is 0 Å². The van der Waals surface area contributed by atoms with Gasteiger partial charge in [-0.05, 0) is 31.4 Å². The van der Waals surface area contributed by atoms with Crippen molar-refractivity contribution in [1.29, 1.82) is 0 Å². The minimum atomic E-state index is -0.173. The Labute approximate surface area is 143 Å². The molecule has 0 aliphatic rings. The maximum atomic E-state index is 11.8. The molecule has 23 heavy (non-hydrogen) atoms. The van der Waals surface area contributed by atoms with Crippen molar-refractivity contribution in [2.24, 2.45) is 0 Å². The molecule has 1 aromatic rings. The molecule has 0 fully saturated rings. The molecule has 0 radical (unpaired) electrons. The molecule has 0 heterocycles. The highest BCUT2D eigenvalue weighted by atomic mass is 35.5. The monoisotopic (exact) mass is 339 g/mol. The van der Waals surface area contributed by atoms with Crippen LogP contribution in [-0.2, 0) is 14.3 Å². The Kier molecular flexibility index (Phi) is 10.1. The fraction of sp³-hybridized carbons (Fsp3) is 0.556. The molecule has 0 spiro atoms. The van der Waals surface area contributed by atoms with Gasteiger partial charge in [-0.1, -0.05) is 49.9 Å². The smallest absolute Gasteiger partial charge is 0.305 e. The molecule has 1 amide bonds. The molecule has 0 saturated carbocycles. The quantitative estimate of drug-likeness (QED) is 0.458. The average Bonchev–Trinajstić information content (AvgIpc) is 2.53. The van der Waals surface area contributed by atoms with E-state index in [1.54, 1.807) is 12.1 Å². The van der Waals surface area contributed by atoms with E-state index in [4.69, 9.17) is 16.3 Å². The number of amides is 1. The number of carbonyl (C=O) groups is 2. The van der Waals surface area contributed by atoms with Crippen molar-refractivity contribution in [3.05, 3.63) is 29.3 Å². The highest BCUT2D eigenvalue weighted by molar-refractivity contribution is 6.33. The predicted molar refractivity (Wildman–Crippen MR) is 93.7 cm³/mol. The lowest BCUT2D eigenvalue weighted by Crippen LogP contribution is -2.12. The summed E-state index contributed by atoms with van der Waals surface area (Å²) in [6.45, 7) is 2.65. The number of hydrogen-bond donors (Lipinski definition) is 1. The first-order valence-electron chi connectivity index (χ1n) is 8.33. The van der Waals surface area contributed by atoms with Crippen LogP contribution in [-0.4, -0.2) is 18.5 Å². The molecule has 5 heteroatoms. The van der Waals surface area contributed by atoms with E-state index in [1.807, 2.05) is 12.1 Å². The summed E-state index contributed by atoms with van der Waals surface area (Å²) in [6.07, 6.45) is 6.43. The van der Waals surface area contributed by atoms with Gasteiger partial charge in [-0.15, -0.1) is 0 Å². The lowest BCUT2D eigenvalue weighted by atomic mass is 10.2. The summed E-state index contributed by atoms with van der Waals surface area (Å²) in [5, 5.41) is 3.29. The minimum absolute atomic E-state index is 0.0916. The van der Waals surface area contributed by atoms with Crippen molar-refractivity contribution in [2.45, 2.75) is 58.3 Å². The Morgan fingerprint density at radius 3 is 2.52 bits per heavy atom. The third-order valence-electron chi connectivity index (χ3n) is 3.44. The maximum absolute atomic E-state index is 11.8. The zero-order valence-corrected chi connectivity index (χ0v) is 14.5.